The van der Waals surface area contributed by atoms with Gasteiger partial charge in [0.05, 0.1) is 12.3 Å². The van der Waals surface area contributed by atoms with Gasteiger partial charge in [0.1, 0.15) is 5.75 Å². The van der Waals surface area contributed by atoms with E-state index in [9.17, 15) is 4.79 Å². The second-order valence-corrected chi connectivity index (χ2v) is 7.05. The van der Waals surface area contributed by atoms with Crippen LogP contribution in [-0.4, -0.2) is 79.6 Å². The number of carbonyl (C=O) groups is 1. The summed E-state index contributed by atoms with van der Waals surface area (Å²) in [6.45, 7) is 8.68. The molecule has 0 radical (unpaired) electrons. The monoisotopic (exact) mass is 346 g/mol. The standard InChI is InChI=1S/C19H30N4O2/c1-3-25-18-14-15(4-5-17(18)20)19(24)23-8-6-16(7-9-23)22-12-10-21(2)11-13-22/h4-5,14,16H,3,6-13,20H2,1-2H3. The number of benzene rings is 1. The summed E-state index contributed by atoms with van der Waals surface area (Å²) in [4.78, 5) is 19.7. The summed E-state index contributed by atoms with van der Waals surface area (Å²) in [5, 5.41) is 0. The lowest BCUT2D eigenvalue weighted by Gasteiger charge is -2.42. The minimum atomic E-state index is 0.0813. The quantitative estimate of drug-likeness (QED) is 0.838. The van der Waals surface area contributed by atoms with Crippen molar-refractivity contribution in [1.29, 1.82) is 0 Å². The van der Waals surface area contributed by atoms with E-state index in [2.05, 4.69) is 16.8 Å². The summed E-state index contributed by atoms with van der Waals surface area (Å²) in [5.41, 5.74) is 7.14. The lowest BCUT2D eigenvalue weighted by molar-refractivity contribution is 0.0518. The first-order chi connectivity index (χ1) is 12.1. The maximum Gasteiger partial charge on any atom is 0.253 e. The lowest BCUT2D eigenvalue weighted by atomic mass is 10.0. The third kappa shape index (κ3) is 4.25. The van der Waals surface area contributed by atoms with Crippen molar-refractivity contribution in [1.82, 2.24) is 14.7 Å². The Bertz CT molecular complexity index is 591. The number of hydrogen-bond donors (Lipinski definition) is 1. The van der Waals surface area contributed by atoms with E-state index in [1.807, 2.05) is 11.8 Å². The van der Waals surface area contributed by atoms with Crippen LogP contribution in [0, 0.1) is 0 Å². The van der Waals surface area contributed by atoms with Gasteiger partial charge in [0, 0.05) is 50.9 Å². The van der Waals surface area contributed by atoms with Crippen molar-refractivity contribution in [3.63, 3.8) is 0 Å². The van der Waals surface area contributed by atoms with Gasteiger partial charge in [0.15, 0.2) is 0 Å². The molecule has 25 heavy (non-hydrogen) atoms. The highest BCUT2D eigenvalue weighted by Crippen LogP contribution is 2.25. The van der Waals surface area contributed by atoms with Crippen molar-refractivity contribution in [2.75, 3.05) is 58.7 Å². The molecule has 138 valence electrons. The summed E-state index contributed by atoms with van der Waals surface area (Å²) < 4.78 is 5.51. The maximum atomic E-state index is 12.8. The molecule has 0 aliphatic carbocycles. The van der Waals surface area contributed by atoms with Crippen LogP contribution in [0.4, 0.5) is 5.69 Å². The molecule has 0 aromatic heterocycles. The van der Waals surface area contributed by atoms with Crippen LogP contribution in [0.3, 0.4) is 0 Å². The fourth-order valence-corrected chi connectivity index (χ4v) is 3.75. The molecule has 0 saturated carbocycles. The average Bonchev–Trinajstić information content (AvgIpc) is 2.64. The molecule has 0 unspecified atom stereocenters. The molecule has 2 aliphatic rings. The van der Waals surface area contributed by atoms with Crippen LogP contribution in [-0.2, 0) is 0 Å². The maximum absolute atomic E-state index is 12.8. The van der Waals surface area contributed by atoms with Crippen LogP contribution in [0.1, 0.15) is 30.1 Å². The van der Waals surface area contributed by atoms with Crippen molar-refractivity contribution < 1.29 is 9.53 Å². The molecule has 6 heteroatoms. The zero-order valence-electron chi connectivity index (χ0n) is 15.4. The first kappa shape index (κ1) is 18.0. The summed E-state index contributed by atoms with van der Waals surface area (Å²) in [6, 6.07) is 5.94. The molecule has 2 aliphatic heterocycles. The van der Waals surface area contributed by atoms with Crippen molar-refractivity contribution in [3.05, 3.63) is 23.8 Å². The highest BCUT2D eigenvalue weighted by atomic mass is 16.5. The van der Waals surface area contributed by atoms with Crippen LogP contribution < -0.4 is 10.5 Å². The van der Waals surface area contributed by atoms with E-state index in [0.29, 0.717) is 29.6 Å². The Morgan fingerprint density at radius 1 is 1.16 bits per heavy atom. The molecule has 2 saturated heterocycles. The first-order valence-electron chi connectivity index (χ1n) is 9.32. The van der Waals surface area contributed by atoms with E-state index >= 15 is 0 Å². The third-order valence-corrected chi connectivity index (χ3v) is 5.37. The van der Waals surface area contributed by atoms with E-state index in [0.717, 1.165) is 52.1 Å². The third-order valence-electron chi connectivity index (χ3n) is 5.37. The van der Waals surface area contributed by atoms with Crippen LogP contribution in [0.15, 0.2) is 18.2 Å². The Morgan fingerprint density at radius 3 is 2.48 bits per heavy atom. The topological polar surface area (TPSA) is 62.0 Å². The Hall–Kier alpha value is -1.79. The van der Waals surface area contributed by atoms with Crippen LogP contribution in [0.25, 0.3) is 0 Å². The van der Waals surface area contributed by atoms with Gasteiger partial charge in [-0.1, -0.05) is 0 Å². The van der Waals surface area contributed by atoms with Crippen molar-refractivity contribution in [2.45, 2.75) is 25.8 Å². The Balaban J connectivity index is 1.57. The number of amides is 1. The second kappa shape index (κ2) is 8.06. The van der Waals surface area contributed by atoms with Crippen LogP contribution in [0.2, 0.25) is 0 Å². The number of nitrogen functional groups attached to an aromatic ring is 1. The van der Waals surface area contributed by atoms with Gasteiger partial charge in [-0.05, 0) is 45.0 Å². The van der Waals surface area contributed by atoms with Gasteiger partial charge in [0.25, 0.3) is 5.91 Å². The molecule has 2 fully saturated rings. The number of piperazine rings is 1. The lowest BCUT2D eigenvalue weighted by Crippen LogP contribution is -2.52. The summed E-state index contributed by atoms with van der Waals surface area (Å²) in [5.74, 6) is 0.679. The summed E-state index contributed by atoms with van der Waals surface area (Å²) in [6.07, 6.45) is 2.12. The average molecular weight is 346 g/mol. The molecule has 1 amide bonds. The number of hydrogen-bond acceptors (Lipinski definition) is 5. The predicted molar refractivity (Wildman–Crippen MR) is 100 cm³/mol. The molecule has 0 bridgehead atoms. The summed E-state index contributed by atoms with van der Waals surface area (Å²) in [7, 11) is 2.18. The van der Waals surface area contributed by atoms with Gasteiger partial charge in [-0.15, -0.1) is 0 Å². The van der Waals surface area contributed by atoms with Gasteiger partial charge in [-0.25, -0.2) is 0 Å². The number of piperidine rings is 1. The molecular weight excluding hydrogens is 316 g/mol. The fourth-order valence-electron chi connectivity index (χ4n) is 3.75. The molecule has 0 atom stereocenters. The molecule has 2 heterocycles. The minimum Gasteiger partial charge on any atom is -0.492 e. The smallest absolute Gasteiger partial charge is 0.253 e. The molecule has 2 N–H and O–H groups in total. The van der Waals surface area contributed by atoms with E-state index in [4.69, 9.17) is 10.5 Å². The zero-order chi connectivity index (χ0) is 17.8. The SMILES string of the molecule is CCOc1cc(C(=O)N2CCC(N3CCN(C)CC3)CC2)ccc1N. The van der Waals surface area contributed by atoms with Crippen molar-refractivity contribution in [2.24, 2.45) is 0 Å². The van der Waals surface area contributed by atoms with Gasteiger partial charge in [-0.2, -0.15) is 0 Å². The van der Waals surface area contributed by atoms with E-state index < -0.39 is 0 Å². The van der Waals surface area contributed by atoms with E-state index in [-0.39, 0.29) is 5.91 Å². The Labute approximate surface area is 150 Å². The van der Waals surface area contributed by atoms with Gasteiger partial charge < -0.3 is 20.3 Å². The van der Waals surface area contributed by atoms with Gasteiger partial charge in [0.2, 0.25) is 0 Å². The molecule has 1 aromatic rings. The Kier molecular flexibility index (Phi) is 5.81. The highest BCUT2D eigenvalue weighted by molar-refractivity contribution is 5.95. The first-order valence-corrected chi connectivity index (χ1v) is 9.32. The number of nitrogens with two attached hydrogens (primary N) is 1. The van der Waals surface area contributed by atoms with Crippen LogP contribution >= 0.6 is 0 Å². The van der Waals surface area contributed by atoms with Crippen molar-refractivity contribution in [3.8, 4) is 5.75 Å². The van der Waals surface area contributed by atoms with Gasteiger partial charge in [-0.3, -0.25) is 9.69 Å². The summed E-state index contributed by atoms with van der Waals surface area (Å²) >= 11 is 0. The van der Waals surface area contributed by atoms with E-state index in [1.165, 1.54) is 0 Å². The number of ether oxygens (including phenoxy) is 1. The van der Waals surface area contributed by atoms with E-state index in [1.54, 1.807) is 18.2 Å². The minimum absolute atomic E-state index is 0.0813. The fraction of sp³-hybridized carbons (Fsp3) is 0.632. The number of anilines is 1. The molecule has 3 rings (SSSR count). The number of likely N-dealkylation sites (N-methyl/N-ethyl adjacent to an activating group) is 1. The normalized spacial score (nSPS) is 20.6. The van der Waals surface area contributed by atoms with Crippen LogP contribution in [0.5, 0.6) is 5.75 Å². The Morgan fingerprint density at radius 2 is 1.84 bits per heavy atom. The predicted octanol–water partition coefficient (Wildman–Crippen LogP) is 1.52. The number of rotatable bonds is 4. The largest absolute Gasteiger partial charge is 0.492 e. The molecular formula is C19H30N4O2. The van der Waals surface area contributed by atoms with Gasteiger partial charge >= 0.3 is 0 Å². The number of likely N-dealkylation sites (tertiary alicyclic amines) is 1. The molecule has 6 nitrogen and oxygen atoms in total. The van der Waals surface area contributed by atoms with Crippen molar-refractivity contribution >= 4 is 11.6 Å². The number of nitrogens with zero attached hydrogens (tertiary/aromatic N) is 3. The number of carbonyl (C=O) groups excluding carboxylic acids is 1. The highest BCUT2D eigenvalue weighted by Gasteiger charge is 2.29. The molecule has 0 spiro atoms. The molecule has 1 aromatic carbocycles. The second-order valence-electron chi connectivity index (χ2n) is 7.05. The zero-order valence-corrected chi connectivity index (χ0v) is 15.4.